The molecule has 0 bridgehead atoms. The zero-order valence-electron chi connectivity index (χ0n) is 21.3. The molecule has 4 rings (SSSR count). The van der Waals surface area contributed by atoms with Gasteiger partial charge < -0.3 is 9.47 Å². The topological polar surface area (TPSA) is 76.2 Å². The average molecular weight is 555 g/mol. The van der Waals surface area contributed by atoms with E-state index in [0.29, 0.717) is 44.4 Å². The molecule has 0 saturated carbocycles. The van der Waals surface area contributed by atoms with Gasteiger partial charge in [-0.2, -0.15) is 4.31 Å². The second kappa shape index (κ2) is 13.1. The fourth-order valence-electron chi connectivity index (χ4n) is 4.19. The van der Waals surface area contributed by atoms with Crippen LogP contribution in [0.5, 0.6) is 5.75 Å². The lowest BCUT2D eigenvalue weighted by Crippen LogP contribution is -2.47. The third-order valence-electron chi connectivity index (χ3n) is 6.33. The number of carbonyl (C=O) groups excluding carboxylic acids is 1. The number of halogens is 1. The number of benzene rings is 3. The molecule has 0 radical (unpaired) electrons. The van der Waals surface area contributed by atoms with E-state index < -0.39 is 10.0 Å². The van der Waals surface area contributed by atoms with Crippen LogP contribution in [0.3, 0.4) is 0 Å². The van der Waals surface area contributed by atoms with Crippen molar-refractivity contribution < 1.29 is 22.7 Å². The predicted octanol–water partition coefficient (Wildman–Crippen LogP) is 4.75. The summed E-state index contributed by atoms with van der Waals surface area (Å²) < 4.78 is 38.2. The van der Waals surface area contributed by atoms with Crippen molar-refractivity contribution in [2.75, 3.05) is 33.3 Å². The van der Waals surface area contributed by atoms with Gasteiger partial charge in [-0.05, 0) is 41.0 Å². The van der Waals surface area contributed by atoms with E-state index in [2.05, 4.69) is 4.90 Å². The molecule has 1 aliphatic rings. The summed E-state index contributed by atoms with van der Waals surface area (Å²) in [4.78, 5) is 14.0. The molecule has 0 atom stereocenters. The summed E-state index contributed by atoms with van der Waals surface area (Å²) in [5.74, 6) is 0.405. The highest BCUT2D eigenvalue weighted by molar-refractivity contribution is 7.92. The van der Waals surface area contributed by atoms with Crippen LogP contribution in [0.1, 0.15) is 22.3 Å². The zero-order chi connectivity index (χ0) is 27.0. The molecular formula is C29H31ClN2O5S. The first-order chi connectivity index (χ1) is 18.3. The quantitative estimate of drug-likeness (QED) is 0.337. The van der Waals surface area contributed by atoms with Gasteiger partial charge in [0.1, 0.15) is 12.4 Å². The van der Waals surface area contributed by atoms with Crippen LogP contribution in [0, 0.1) is 0 Å². The van der Waals surface area contributed by atoms with Gasteiger partial charge in [-0.25, -0.2) is 8.42 Å². The van der Waals surface area contributed by atoms with Crippen molar-refractivity contribution in [3.05, 3.63) is 105 Å². The minimum absolute atomic E-state index is 0.167. The number of esters is 1. The van der Waals surface area contributed by atoms with Crippen molar-refractivity contribution in [3.8, 4) is 5.75 Å². The Morgan fingerprint density at radius 1 is 0.947 bits per heavy atom. The normalized spacial score (nSPS) is 15.0. The minimum Gasteiger partial charge on any atom is -0.489 e. The molecule has 3 aromatic carbocycles. The first-order valence-corrected chi connectivity index (χ1v) is 14.2. The maximum absolute atomic E-state index is 12.8. The van der Waals surface area contributed by atoms with Gasteiger partial charge in [0.05, 0.1) is 13.5 Å². The van der Waals surface area contributed by atoms with E-state index in [-0.39, 0.29) is 12.4 Å². The fourth-order valence-corrected chi connectivity index (χ4v) is 5.48. The lowest BCUT2D eigenvalue weighted by molar-refractivity contribution is -0.139. The van der Waals surface area contributed by atoms with E-state index in [1.165, 1.54) is 16.8 Å². The number of hydrogen-bond donors (Lipinski definition) is 0. The summed E-state index contributed by atoms with van der Waals surface area (Å²) in [7, 11) is -2.14. The lowest BCUT2D eigenvalue weighted by Gasteiger charge is -2.33. The molecule has 0 aliphatic carbocycles. The second-order valence-electron chi connectivity index (χ2n) is 9.04. The summed E-state index contributed by atoms with van der Waals surface area (Å²) in [6, 6.07) is 22.5. The number of sulfonamides is 1. The van der Waals surface area contributed by atoms with Crippen molar-refractivity contribution in [2.45, 2.75) is 19.6 Å². The van der Waals surface area contributed by atoms with Gasteiger partial charge in [-0.3, -0.25) is 9.69 Å². The Balaban J connectivity index is 1.42. The number of hydrogen-bond acceptors (Lipinski definition) is 6. The maximum atomic E-state index is 12.8. The number of methoxy groups -OCH3 is 1. The number of rotatable bonds is 10. The largest absolute Gasteiger partial charge is 0.489 e. The molecule has 0 aromatic heterocycles. The van der Waals surface area contributed by atoms with Crippen molar-refractivity contribution in [1.29, 1.82) is 0 Å². The smallest absolute Gasteiger partial charge is 0.309 e. The molecule has 0 amide bonds. The van der Waals surface area contributed by atoms with Crippen LogP contribution >= 0.6 is 11.6 Å². The molecule has 38 heavy (non-hydrogen) atoms. The molecule has 1 heterocycles. The van der Waals surface area contributed by atoms with Crippen LogP contribution < -0.4 is 4.74 Å². The van der Waals surface area contributed by atoms with E-state index in [9.17, 15) is 13.2 Å². The summed E-state index contributed by atoms with van der Waals surface area (Å²) in [6.45, 7) is 2.89. The van der Waals surface area contributed by atoms with Crippen LogP contribution in [0.25, 0.3) is 6.08 Å². The average Bonchev–Trinajstić information content (AvgIpc) is 2.93. The van der Waals surface area contributed by atoms with Crippen molar-refractivity contribution in [2.24, 2.45) is 0 Å². The highest BCUT2D eigenvalue weighted by Crippen LogP contribution is 2.25. The van der Waals surface area contributed by atoms with Gasteiger partial charge in [0.15, 0.2) is 0 Å². The zero-order valence-corrected chi connectivity index (χ0v) is 22.8. The highest BCUT2D eigenvalue weighted by atomic mass is 35.5. The van der Waals surface area contributed by atoms with Crippen LogP contribution in [-0.4, -0.2) is 56.9 Å². The van der Waals surface area contributed by atoms with Crippen molar-refractivity contribution in [3.63, 3.8) is 0 Å². The maximum Gasteiger partial charge on any atom is 0.309 e. The SMILES string of the molecule is COC(=O)Cc1ccc(OCc2ccc(Cl)cc2)c(CN2CCN(S(=O)(=O)/C=C/c3ccccc3)CC2)c1. The summed E-state index contributed by atoms with van der Waals surface area (Å²) >= 11 is 5.99. The minimum atomic E-state index is -3.51. The van der Waals surface area contributed by atoms with E-state index in [1.807, 2.05) is 72.8 Å². The summed E-state index contributed by atoms with van der Waals surface area (Å²) in [5, 5.41) is 1.94. The summed E-state index contributed by atoms with van der Waals surface area (Å²) in [6.07, 6.45) is 1.79. The van der Waals surface area contributed by atoms with Crippen LogP contribution in [-0.2, 0) is 39.1 Å². The van der Waals surface area contributed by atoms with E-state index in [0.717, 1.165) is 28.0 Å². The highest BCUT2D eigenvalue weighted by Gasteiger charge is 2.25. The van der Waals surface area contributed by atoms with E-state index in [4.69, 9.17) is 21.1 Å². The summed E-state index contributed by atoms with van der Waals surface area (Å²) in [5.41, 5.74) is 3.59. The third-order valence-corrected chi connectivity index (χ3v) is 8.14. The van der Waals surface area contributed by atoms with Crippen molar-refractivity contribution in [1.82, 2.24) is 9.21 Å². The Morgan fingerprint density at radius 2 is 1.63 bits per heavy atom. The van der Waals surface area contributed by atoms with Gasteiger partial charge in [-0.1, -0.05) is 66.2 Å². The molecule has 0 unspecified atom stereocenters. The molecule has 7 nitrogen and oxygen atoms in total. The number of nitrogens with zero attached hydrogens (tertiary/aromatic N) is 2. The van der Waals surface area contributed by atoms with Gasteiger partial charge >= 0.3 is 5.97 Å². The van der Waals surface area contributed by atoms with Gasteiger partial charge in [-0.15, -0.1) is 0 Å². The molecule has 0 N–H and O–H groups in total. The predicted molar refractivity (Wildman–Crippen MR) is 149 cm³/mol. The van der Waals surface area contributed by atoms with Gasteiger partial charge in [0, 0.05) is 48.7 Å². The number of ether oxygens (including phenoxy) is 2. The first-order valence-electron chi connectivity index (χ1n) is 12.3. The monoisotopic (exact) mass is 554 g/mol. The van der Waals surface area contributed by atoms with Gasteiger partial charge in [0.25, 0.3) is 0 Å². The molecule has 1 saturated heterocycles. The van der Waals surface area contributed by atoms with Crippen molar-refractivity contribution >= 4 is 33.7 Å². The lowest BCUT2D eigenvalue weighted by atomic mass is 10.1. The molecule has 9 heteroatoms. The van der Waals surface area contributed by atoms with E-state index in [1.54, 1.807) is 6.08 Å². The number of piperazine rings is 1. The molecule has 1 fully saturated rings. The Kier molecular flexibility index (Phi) is 9.58. The molecular weight excluding hydrogens is 524 g/mol. The molecule has 1 aliphatic heterocycles. The Hall–Kier alpha value is -3.17. The third kappa shape index (κ3) is 7.91. The standard InChI is InChI=1S/C29H31ClN2O5S/c1-36-29(33)20-25-9-12-28(37-22-24-7-10-27(30)11-8-24)26(19-25)21-31-14-16-32(17-15-31)38(34,35)18-13-23-5-3-2-4-6-23/h2-13,18-19H,14-17,20-22H2,1H3/b18-13+. The second-order valence-corrected chi connectivity index (χ2v) is 11.3. The Morgan fingerprint density at radius 3 is 2.32 bits per heavy atom. The van der Waals surface area contributed by atoms with E-state index >= 15 is 0 Å². The van der Waals surface area contributed by atoms with Crippen LogP contribution in [0.4, 0.5) is 0 Å². The molecule has 3 aromatic rings. The van der Waals surface area contributed by atoms with Crippen LogP contribution in [0.2, 0.25) is 5.02 Å². The van der Waals surface area contributed by atoms with Crippen LogP contribution in [0.15, 0.2) is 78.2 Å². The van der Waals surface area contributed by atoms with Gasteiger partial charge in [0.2, 0.25) is 10.0 Å². The number of carbonyl (C=O) groups is 1. The Labute approximate surface area is 229 Å². The fraction of sp³-hybridized carbons (Fsp3) is 0.276. The first kappa shape index (κ1) is 27.9. The molecule has 200 valence electrons. The Bertz CT molecular complexity index is 1350. The molecule has 0 spiro atoms.